The Hall–Kier alpha value is -1.51. The fourth-order valence-electron chi connectivity index (χ4n) is 3.99. The van der Waals surface area contributed by atoms with Crippen LogP contribution >= 0.6 is 0 Å². The summed E-state index contributed by atoms with van der Waals surface area (Å²) >= 11 is 0. The number of benzene rings is 1. The predicted molar refractivity (Wildman–Crippen MR) is 87.4 cm³/mol. The summed E-state index contributed by atoms with van der Waals surface area (Å²) in [6.45, 7) is 3.40. The Morgan fingerprint density at radius 3 is 2.67 bits per heavy atom. The summed E-state index contributed by atoms with van der Waals surface area (Å²) in [5, 5.41) is 12.8. The molecule has 1 aromatic carbocycles. The minimum atomic E-state index is 0.659. The molecule has 1 heterocycles. The molecule has 3 heteroatoms. The van der Waals surface area contributed by atoms with E-state index in [9.17, 15) is 5.21 Å². The second kappa shape index (κ2) is 6.50. The van der Waals surface area contributed by atoms with Crippen LogP contribution in [0.4, 0.5) is 5.69 Å². The van der Waals surface area contributed by atoms with Gasteiger partial charge in [0.15, 0.2) is 0 Å². The van der Waals surface area contributed by atoms with Crippen LogP contribution in [-0.4, -0.2) is 23.5 Å². The van der Waals surface area contributed by atoms with Crippen molar-refractivity contribution in [2.24, 2.45) is 11.1 Å². The van der Waals surface area contributed by atoms with Crippen molar-refractivity contribution in [1.82, 2.24) is 0 Å². The molecule has 0 amide bonds. The lowest BCUT2D eigenvalue weighted by molar-refractivity contribution is 0.308. The Balaban J connectivity index is 1.85. The Labute approximate surface area is 127 Å². The molecule has 1 aromatic rings. The second-order valence-electron chi connectivity index (χ2n) is 6.44. The SMILES string of the molecule is CCC1CCC(N2CCC/C(=N/O)c3ccccc32)CC1. The van der Waals surface area contributed by atoms with Crippen LogP contribution in [0, 0.1) is 5.92 Å². The van der Waals surface area contributed by atoms with Gasteiger partial charge in [-0.25, -0.2) is 0 Å². The minimum absolute atomic E-state index is 0.659. The van der Waals surface area contributed by atoms with E-state index < -0.39 is 0 Å². The van der Waals surface area contributed by atoms with Crippen molar-refractivity contribution in [2.45, 2.75) is 57.9 Å². The first-order valence-electron chi connectivity index (χ1n) is 8.40. The highest BCUT2D eigenvalue weighted by molar-refractivity contribution is 6.05. The van der Waals surface area contributed by atoms with Gasteiger partial charge in [0.2, 0.25) is 0 Å². The second-order valence-corrected chi connectivity index (χ2v) is 6.44. The number of para-hydroxylation sites is 1. The van der Waals surface area contributed by atoms with E-state index in [0.717, 1.165) is 36.6 Å². The molecule has 1 aliphatic carbocycles. The Morgan fingerprint density at radius 1 is 1.19 bits per heavy atom. The van der Waals surface area contributed by atoms with Gasteiger partial charge >= 0.3 is 0 Å². The number of fused-ring (bicyclic) bond motifs is 1. The van der Waals surface area contributed by atoms with E-state index >= 15 is 0 Å². The zero-order valence-corrected chi connectivity index (χ0v) is 13.0. The van der Waals surface area contributed by atoms with E-state index in [2.05, 4.69) is 35.2 Å². The van der Waals surface area contributed by atoms with E-state index in [1.165, 1.54) is 37.8 Å². The van der Waals surface area contributed by atoms with Crippen molar-refractivity contribution in [2.75, 3.05) is 11.4 Å². The van der Waals surface area contributed by atoms with Crippen LogP contribution in [0.1, 0.15) is 57.4 Å². The first-order valence-corrected chi connectivity index (χ1v) is 8.40. The van der Waals surface area contributed by atoms with Crippen molar-refractivity contribution < 1.29 is 5.21 Å². The van der Waals surface area contributed by atoms with Crippen LogP contribution in [0.3, 0.4) is 0 Å². The quantitative estimate of drug-likeness (QED) is 0.644. The summed E-state index contributed by atoms with van der Waals surface area (Å²) in [7, 11) is 0. The van der Waals surface area contributed by atoms with Crippen LogP contribution in [-0.2, 0) is 0 Å². The maximum Gasteiger partial charge on any atom is 0.0889 e. The molecule has 0 radical (unpaired) electrons. The highest BCUT2D eigenvalue weighted by Crippen LogP contribution is 2.35. The molecule has 0 saturated heterocycles. The van der Waals surface area contributed by atoms with Crippen molar-refractivity contribution >= 4 is 11.4 Å². The Morgan fingerprint density at radius 2 is 1.95 bits per heavy atom. The molecular weight excluding hydrogens is 260 g/mol. The van der Waals surface area contributed by atoms with Gasteiger partial charge in [0, 0.05) is 23.8 Å². The lowest BCUT2D eigenvalue weighted by atomic mass is 9.83. The van der Waals surface area contributed by atoms with E-state index in [4.69, 9.17) is 0 Å². The third-order valence-electron chi connectivity index (χ3n) is 5.29. The van der Waals surface area contributed by atoms with Gasteiger partial charge in [-0.3, -0.25) is 0 Å². The molecule has 0 spiro atoms. The molecule has 0 aromatic heterocycles. The van der Waals surface area contributed by atoms with E-state index in [1.54, 1.807) is 0 Å². The number of oxime groups is 1. The normalized spacial score (nSPS) is 28.2. The summed E-state index contributed by atoms with van der Waals surface area (Å²) in [4.78, 5) is 2.58. The van der Waals surface area contributed by atoms with Crippen LogP contribution in [0.25, 0.3) is 0 Å². The zero-order chi connectivity index (χ0) is 14.7. The Kier molecular flexibility index (Phi) is 4.47. The van der Waals surface area contributed by atoms with E-state index in [-0.39, 0.29) is 0 Å². The monoisotopic (exact) mass is 286 g/mol. The molecule has 1 N–H and O–H groups in total. The molecule has 0 unspecified atom stereocenters. The summed E-state index contributed by atoms with van der Waals surface area (Å²) < 4.78 is 0. The van der Waals surface area contributed by atoms with Crippen molar-refractivity contribution in [3.63, 3.8) is 0 Å². The van der Waals surface area contributed by atoms with Crippen molar-refractivity contribution in [3.8, 4) is 0 Å². The molecule has 0 bridgehead atoms. The fraction of sp³-hybridized carbons (Fsp3) is 0.611. The molecule has 114 valence electrons. The Bertz CT molecular complexity index is 504. The highest BCUT2D eigenvalue weighted by atomic mass is 16.4. The van der Waals surface area contributed by atoms with Gasteiger partial charge in [0.05, 0.1) is 5.71 Å². The molecule has 1 fully saturated rings. The largest absolute Gasteiger partial charge is 0.411 e. The average molecular weight is 286 g/mol. The number of hydrogen-bond donors (Lipinski definition) is 1. The molecule has 1 saturated carbocycles. The van der Waals surface area contributed by atoms with Crippen LogP contribution < -0.4 is 4.90 Å². The summed E-state index contributed by atoms with van der Waals surface area (Å²) in [6, 6.07) is 9.09. The van der Waals surface area contributed by atoms with Gasteiger partial charge < -0.3 is 10.1 Å². The third-order valence-corrected chi connectivity index (χ3v) is 5.29. The van der Waals surface area contributed by atoms with E-state index in [1.807, 2.05) is 6.07 Å². The lowest BCUT2D eigenvalue weighted by Crippen LogP contribution is -2.38. The third kappa shape index (κ3) is 2.92. The smallest absolute Gasteiger partial charge is 0.0889 e. The number of nitrogens with zero attached hydrogens (tertiary/aromatic N) is 2. The topological polar surface area (TPSA) is 35.8 Å². The summed E-state index contributed by atoms with van der Waals surface area (Å²) in [5.74, 6) is 0.929. The first kappa shape index (κ1) is 14.4. The van der Waals surface area contributed by atoms with E-state index in [0.29, 0.717) is 6.04 Å². The van der Waals surface area contributed by atoms with Gasteiger partial charge in [0.25, 0.3) is 0 Å². The summed E-state index contributed by atoms with van der Waals surface area (Å²) in [5.41, 5.74) is 3.23. The fourth-order valence-corrected chi connectivity index (χ4v) is 3.99. The van der Waals surface area contributed by atoms with Crippen LogP contribution in [0.2, 0.25) is 0 Å². The van der Waals surface area contributed by atoms with Crippen LogP contribution in [0.15, 0.2) is 29.4 Å². The molecular formula is C18H26N2O. The van der Waals surface area contributed by atoms with Gasteiger partial charge in [-0.2, -0.15) is 0 Å². The molecule has 3 rings (SSSR count). The van der Waals surface area contributed by atoms with Crippen molar-refractivity contribution in [3.05, 3.63) is 29.8 Å². The molecule has 2 aliphatic rings. The molecule has 3 nitrogen and oxygen atoms in total. The number of anilines is 1. The highest BCUT2D eigenvalue weighted by Gasteiger charge is 2.28. The summed E-state index contributed by atoms with van der Waals surface area (Å²) in [6.07, 6.45) is 8.60. The van der Waals surface area contributed by atoms with Gasteiger partial charge in [0.1, 0.15) is 0 Å². The number of rotatable bonds is 2. The standard InChI is InChI=1S/C18H26N2O/c1-2-14-9-11-15(12-10-14)20-13-5-7-17(19-21)16-6-3-4-8-18(16)20/h3-4,6,8,14-15,21H,2,5,7,9-13H2,1H3/b19-17-. The average Bonchev–Trinajstić information content (AvgIpc) is 2.74. The number of hydrogen-bond acceptors (Lipinski definition) is 3. The first-order chi connectivity index (χ1) is 10.3. The maximum absolute atomic E-state index is 9.30. The molecule has 1 aliphatic heterocycles. The zero-order valence-electron chi connectivity index (χ0n) is 13.0. The maximum atomic E-state index is 9.30. The minimum Gasteiger partial charge on any atom is -0.411 e. The van der Waals surface area contributed by atoms with Gasteiger partial charge in [-0.05, 0) is 50.5 Å². The molecule has 0 atom stereocenters. The van der Waals surface area contributed by atoms with Crippen LogP contribution in [0.5, 0.6) is 0 Å². The van der Waals surface area contributed by atoms with Gasteiger partial charge in [-0.15, -0.1) is 0 Å². The van der Waals surface area contributed by atoms with Gasteiger partial charge in [-0.1, -0.05) is 36.7 Å². The predicted octanol–water partition coefficient (Wildman–Crippen LogP) is 4.43. The van der Waals surface area contributed by atoms with Crippen molar-refractivity contribution in [1.29, 1.82) is 0 Å². The lowest BCUT2D eigenvalue weighted by Gasteiger charge is -2.38. The molecule has 21 heavy (non-hydrogen) atoms.